The minimum Gasteiger partial charge on any atom is -0.378 e. The predicted octanol–water partition coefficient (Wildman–Crippen LogP) is 1.32. The summed E-state index contributed by atoms with van der Waals surface area (Å²) in [4.78, 5) is 0. The Bertz CT molecular complexity index is 151. The molecule has 2 aliphatic heterocycles. The van der Waals surface area contributed by atoms with Gasteiger partial charge in [0.25, 0.3) is 0 Å². The lowest BCUT2D eigenvalue weighted by Crippen LogP contribution is -2.32. The molecule has 3 heteroatoms. The molecule has 82 valence electrons. The Kier molecular flexibility index (Phi) is 4.22. The predicted molar refractivity (Wildman–Crippen MR) is 55.4 cm³/mol. The summed E-state index contributed by atoms with van der Waals surface area (Å²) in [6, 6.07) is 0. The lowest BCUT2D eigenvalue weighted by Gasteiger charge is -2.23. The highest BCUT2D eigenvalue weighted by molar-refractivity contribution is 4.69. The molecule has 0 saturated carbocycles. The molecule has 0 spiro atoms. The summed E-state index contributed by atoms with van der Waals surface area (Å²) in [5.74, 6) is 0. The van der Waals surface area contributed by atoms with Crippen molar-refractivity contribution in [3.63, 3.8) is 0 Å². The van der Waals surface area contributed by atoms with Crippen LogP contribution < -0.4 is 5.32 Å². The molecule has 0 aromatic rings. The first-order valence-electron chi connectivity index (χ1n) is 5.89. The van der Waals surface area contributed by atoms with Gasteiger partial charge >= 0.3 is 0 Å². The Balaban J connectivity index is 1.52. The minimum absolute atomic E-state index is 0.483. The highest BCUT2D eigenvalue weighted by atomic mass is 16.5. The standard InChI is InChI=1S/C11H21NO2/c1-2-10(13-8-1)5-9-14-11-3-6-12-7-4-11/h10-12H,1-9H2. The van der Waals surface area contributed by atoms with Gasteiger partial charge in [-0.25, -0.2) is 0 Å². The van der Waals surface area contributed by atoms with E-state index < -0.39 is 0 Å². The average molecular weight is 199 g/mol. The zero-order valence-corrected chi connectivity index (χ0v) is 8.84. The normalized spacial score (nSPS) is 29.6. The second-order valence-electron chi connectivity index (χ2n) is 4.24. The van der Waals surface area contributed by atoms with Crippen molar-refractivity contribution >= 4 is 0 Å². The summed E-state index contributed by atoms with van der Waals surface area (Å²) in [5.41, 5.74) is 0. The van der Waals surface area contributed by atoms with Crippen LogP contribution in [0.15, 0.2) is 0 Å². The van der Waals surface area contributed by atoms with Crippen molar-refractivity contribution in [2.75, 3.05) is 26.3 Å². The molecule has 0 bridgehead atoms. The maximum atomic E-state index is 5.82. The number of hydrogen-bond acceptors (Lipinski definition) is 3. The Labute approximate surface area is 86.2 Å². The summed E-state index contributed by atoms with van der Waals surface area (Å²) >= 11 is 0. The molecule has 14 heavy (non-hydrogen) atoms. The summed E-state index contributed by atoms with van der Waals surface area (Å²) in [7, 11) is 0. The van der Waals surface area contributed by atoms with Gasteiger partial charge in [0.2, 0.25) is 0 Å². The molecule has 1 N–H and O–H groups in total. The molecule has 0 aromatic carbocycles. The van der Waals surface area contributed by atoms with E-state index in [0.717, 1.165) is 32.7 Å². The van der Waals surface area contributed by atoms with Crippen LogP contribution >= 0.6 is 0 Å². The SMILES string of the molecule is C1COC(CCOC2CCNCC2)C1. The van der Waals surface area contributed by atoms with E-state index in [-0.39, 0.29) is 0 Å². The van der Waals surface area contributed by atoms with E-state index in [4.69, 9.17) is 9.47 Å². The van der Waals surface area contributed by atoms with E-state index in [1.54, 1.807) is 0 Å². The van der Waals surface area contributed by atoms with Gasteiger partial charge in [-0.3, -0.25) is 0 Å². The lowest BCUT2D eigenvalue weighted by atomic mass is 10.1. The van der Waals surface area contributed by atoms with Gasteiger partial charge < -0.3 is 14.8 Å². The van der Waals surface area contributed by atoms with Gasteiger partial charge in [0.15, 0.2) is 0 Å². The fraction of sp³-hybridized carbons (Fsp3) is 1.00. The van der Waals surface area contributed by atoms with Gasteiger partial charge in [-0.2, -0.15) is 0 Å². The molecule has 2 rings (SSSR count). The van der Waals surface area contributed by atoms with Crippen molar-refractivity contribution in [1.82, 2.24) is 5.32 Å². The number of piperidine rings is 1. The van der Waals surface area contributed by atoms with Crippen LogP contribution in [0.4, 0.5) is 0 Å². The van der Waals surface area contributed by atoms with Gasteiger partial charge in [0.1, 0.15) is 0 Å². The second-order valence-corrected chi connectivity index (χ2v) is 4.24. The van der Waals surface area contributed by atoms with Crippen molar-refractivity contribution in [2.24, 2.45) is 0 Å². The lowest BCUT2D eigenvalue weighted by molar-refractivity contribution is 0.00683. The number of rotatable bonds is 4. The van der Waals surface area contributed by atoms with E-state index in [2.05, 4.69) is 5.32 Å². The maximum absolute atomic E-state index is 5.82. The van der Waals surface area contributed by atoms with Crippen LogP contribution in [-0.4, -0.2) is 38.5 Å². The van der Waals surface area contributed by atoms with E-state index in [1.165, 1.54) is 25.7 Å². The zero-order valence-electron chi connectivity index (χ0n) is 8.84. The van der Waals surface area contributed by atoms with Crippen molar-refractivity contribution in [2.45, 2.75) is 44.3 Å². The molecule has 1 atom stereocenters. The quantitative estimate of drug-likeness (QED) is 0.741. The first-order chi connectivity index (χ1) is 6.95. The van der Waals surface area contributed by atoms with E-state index in [9.17, 15) is 0 Å². The molecule has 1 unspecified atom stereocenters. The molecule has 0 aliphatic carbocycles. The average Bonchev–Trinajstić information content (AvgIpc) is 2.72. The third-order valence-electron chi connectivity index (χ3n) is 3.10. The molecular weight excluding hydrogens is 178 g/mol. The highest BCUT2D eigenvalue weighted by Gasteiger charge is 2.17. The van der Waals surface area contributed by atoms with Crippen LogP contribution in [0, 0.1) is 0 Å². The summed E-state index contributed by atoms with van der Waals surface area (Å²) < 4.78 is 11.4. The van der Waals surface area contributed by atoms with E-state index in [1.807, 2.05) is 0 Å². The van der Waals surface area contributed by atoms with Crippen molar-refractivity contribution in [1.29, 1.82) is 0 Å². The fourth-order valence-electron chi connectivity index (χ4n) is 2.20. The first kappa shape index (κ1) is 10.4. The zero-order chi connectivity index (χ0) is 9.64. The molecule has 0 amide bonds. The van der Waals surface area contributed by atoms with Gasteiger partial charge in [-0.15, -0.1) is 0 Å². The van der Waals surface area contributed by atoms with Crippen molar-refractivity contribution in [3.8, 4) is 0 Å². The third kappa shape index (κ3) is 3.23. The van der Waals surface area contributed by atoms with E-state index in [0.29, 0.717) is 12.2 Å². The van der Waals surface area contributed by atoms with Crippen molar-refractivity contribution in [3.05, 3.63) is 0 Å². The molecule has 0 radical (unpaired) electrons. The molecule has 3 nitrogen and oxygen atoms in total. The Morgan fingerprint density at radius 2 is 2.07 bits per heavy atom. The van der Waals surface area contributed by atoms with Crippen LogP contribution in [0.25, 0.3) is 0 Å². The van der Waals surface area contributed by atoms with Gasteiger partial charge in [-0.1, -0.05) is 0 Å². The summed E-state index contributed by atoms with van der Waals surface area (Å²) in [6.45, 7) is 4.07. The summed E-state index contributed by atoms with van der Waals surface area (Å²) in [6.07, 6.45) is 6.88. The number of nitrogens with one attached hydrogen (secondary N) is 1. The van der Waals surface area contributed by atoms with Crippen LogP contribution in [0.2, 0.25) is 0 Å². The molecular formula is C11H21NO2. The van der Waals surface area contributed by atoms with Gasteiger partial charge in [-0.05, 0) is 45.2 Å². The Morgan fingerprint density at radius 1 is 1.21 bits per heavy atom. The largest absolute Gasteiger partial charge is 0.378 e. The van der Waals surface area contributed by atoms with Gasteiger partial charge in [0.05, 0.1) is 12.2 Å². The topological polar surface area (TPSA) is 30.5 Å². The van der Waals surface area contributed by atoms with E-state index >= 15 is 0 Å². The van der Waals surface area contributed by atoms with Crippen LogP contribution in [0.5, 0.6) is 0 Å². The summed E-state index contributed by atoms with van der Waals surface area (Å²) in [5, 5.41) is 3.34. The van der Waals surface area contributed by atoms with Crippen LogP contribution in [0.3, 0.4) is 0 Å². The first-order valence-corrected chi connectivity index (χ1v) is 5.89. The minimum atomic E-state index is 0.483. The molecule has 2 fully saturated rings. The molecule has 2 heterocycles. The smallest absolute Gasteiger partial charge is 0.0599 e. The fourth-order valence-corrected chi connectivity index (χ4v) is 2.20. The van der Waals surface area contributed by atoms with Crippen molar-refractivity contribution < 1.29 is 9.47 Å². The van der Waals surface area contributed by atoms with Crippen LogP contribution in [0.1, 0.15) is 32.1 Å². The molecule has 0 aromatic heterocycles. The van der Waals surface area contributed by atoms with Gasteiger partial charge in [0, 0.05) is 13.2 Å². The molecule has 2 aliphatic rings. The number of ether oxygens (including phenoxy) is 2. The Hall–Kier alpha value is -0.120. The maximum Gasteiger partial charge on any atom is 0.0599 e. The highest BCUT2D eigenvalue weighted by Crippen LogP contribution is 2.16. The Morgan fingerprint density at radius 3 is 2.79 bits per heavy atom. The molecule has 2 saturated heterocycles. The monoisotopic (exact) mass is 199 g/mol. The second kappa shape index (κ2) is 5.69. The van der Waals surface area contributed by atoms with Crippen LogP contribution in [-0.2, 0) is 9.47 Å². The number of hydrogen-bond donors (Lipinski definition) is 1. The third-order valence-corrected chi connectivity index (χ3v) is 3.10.